The maximum Gasteiger partial charge on any atom is 0.305 e. The molecule has 0 saturated carbocycles. The normalized spacial score (nSPS) is 12.0. The average molecular weight is 347 g/mol. The Balaban J connectivity index is 2.06. The molecule has 1 aromatic carbocycles. The SMILES string of the molecule is CC(C)Oc1ccc([C@@H](CC(=O)O)NC(=O)Cc2cccs2)cc1. The summed E-state index contributed by atoms with van der Waals surface area (Å²) in [4.78, 5) is 24.2. The summed E-state index contributed by atoms with van der Waals surface area (Å²) in [5.74, 6) is -0.433. The summed E-state index contributed by atoms with van der Waals surface area (Å²) in [6.45, 7) is 3.87. The van der Waals surface area contributed by atoms with Gasteiger partial charge in [-0.05, 0) is 43.0 Å². The highest BCUT2D eigenvalue weighted by Gasteiger charge is 2.18. The van der Waals surface area contributed by atoms with Crippen LogP contribution < -0.4 is 10.1 Å². The van der Waals surface area contributed by atoms with Crippen molar-refractivity contribution in [1.29, 1.82) is 0 Å². The lowest BCUT2D eigenvalue weighted by molar-refractivity contribution is -0.137. The summed E-state index contributed by atoms with van der Waals surface area (Å²) in [6.07, 6.45) is 0.152. The minimum Gasteiger partial charge on any atom is -0.491 e. The van der Waals surface area contributed by atoms with E-state index < -0.39 is 12.0 Å². The molecule has 0 fully saturated rings. The highest BCUT2D eigenvalue weighted by Crippen LogP contribution is 2.22. The molecule has 0 aliphatic rings. The molecule has 0 aliphatic carbocycles. The maximum atomic E-state index is 12.2. The zero-order valence-electron chi connectivity index (χ0n) is 13.7. The van der Waals surface area contributed by atoms with Gasteiger partial charge in [-0.25, -0.2) is 0 Å². The number of amides is 1. The molecule has 1 heterocycles. The number of rotatable bonds is 8. The molecule has 0 aliphatic heterocycles. The minimum atomic E-state index is -0.959. The van der Waals surface area contributed by atoms with Gasteiger partial charge in [0.05, 0.1) is 25.0 Å². The van der Waals surface area contributed by atoms with Crippen molar-refractivity contribution in [2.24, 2.45) is 0 Å². The average Bonchev–Trinajstić information content (AvgIpc) is 2.99. The van der Waals surface area contributed by atoms with Crippen LogP contribution in [0.3, 0.4) is 0 Å². The maximum absolute atomic E-state index is 12.2. The molecule has 0 unspecified atom stereocenters. The van der Waals surface area contributed by atoms with Crippen LogP contribution in [0.2, 0.25) is 0 Å². The van der Waals surface area contributed by atoms with Crippen LogP contribution in [-0.4, -0.2) is 23.1 Å². The number of benzene rings is 1. The van der Waals surface area contributed by atoms with Crippen LogP contribution >= 0.6 is 11.3 Å². The predicted octanol–water partition coefficient (Wildman–Crippen LogP) is 3.41. The van der Waals surface area contributed by atoms with Gasteiger partial charge in [0.15, 0.2) is 0 Å². The van der Waals surface area contributed by atoms with Crippen LogP contribution in [0, 0.1) is 0 Å². The molecule has 1 aromatic heterocycles. The van der Waals surface area contributed by atoms with Gasteiger partial charge in [-0.1, -0.05) is 18.2 Å². The standard InChI is InChI=1S/C18H21NO4S/c1-12(2)23-14-7-5-13(6-8-14)16(11-18(21)22)19-17(20)10-15-4-3-9-24-15/h3-9,12,16H,10-11H2,1-2H3,(H,19,20)(H,21,22)/t16-/m1/s1. The Bertz CT molecular complexity index is 665. The topological polar surface area (TPSA) is 75.6 Å². The molecule has 0 saturated heterocycles. The molecule has 128 valence electrons. The minimum absolute atomic E-state index is 0.0659. The van der Waals surface area contributed by atoms with Gasteiger partial charge in [-0.3, -0.25) is 9.59 Å². The van der Waals surface area contributed by atoms with Gasteiger partial charge in [0, 0.05) is 4.88 Å². The van der Waals surface area contributed by atoms with Gasteiger partial charge in [-0.15, -0.1) is 11.3 Å². The molecule has 0 spiro atoms. The molecular weight excluding hydrogens is 326 g/mol. The van der Waals surface area contributed by atoms with Gasteiger partial charge in [-0.2, -0.15) is 0 Å². The zero-order valence-corrected chi connectivity index (χ0v) is 14.5. The Morgan fingerprint density at radius 3 is 2.46 bits per heavy atom. The van der Waals surface area contributed by atoms with Crippen LogP contribution in [0.5, 0.6) is 5.75 Å². The number of ether oxygens (including phenoxy) is 1. The second kappa shape index (κ2) is 8.49. The van der Waals surface area contributed by atoms with E-state index in [0.717, 1.165) is 10.4 Å². The van der Waals surface area contributed by atoms with Crippen molar-refractivity contribution >= 4 is 23.2 Å². The van der Waals surface area contributed by atoms with E-state index in [-0.39, 0.29) is 24.9 Å². The Labute approximate surface area is 145 Å². The molecule has 2 rings (SSSR count). The van der Waals surface area contributed by atoms with Crippen LogP contribution in [0.1, 0.15) is 36.8 Å². The lowest BCUT2D eigenvalue weighted by Crippen LogP contribution is -2.31. The van der Waals surface area contributed by atoms with Crippen LogP contribution in [0.4, 0.5) is 0 Å². The van der Waals surface area contributed by atoms with Crippen LogP contribution in [0.25, 0.3) is 0 Å². The van der Waals surface area contributed by atoms with Gasteiger partial charge >= 0.3 is 5.97 Å². The van der Waals surface area contributed by atoms with E-state index in [9.17, 15) is 9.59 Å². The number of hydrogen-bond donors (Lipinski definition) is 2. The van der Waals surface area contributed by atoms with Gasteiger partial charge in [0.25, 0.3) is 0 Å². The molecule has 0 bridgehead atoms. The van der Waals surface area contributed by atoms with E-state index in [0.29, 0.717) is 5.75 Å². The summed E-state index contributed by atoms with van der Waals surface area (Å²) in [5.41, 5.74) is 0.744. The molecule has 2 N–H and O–H groups in total. The van der Waals surface area contributed by atoms with Gasteiger partial charge in [0.1, 0.15) is 5.75 Å². The van der Waals surface area contributed by atoms with Crippen LogP contribution in [-0.2, 0) is 16.0 Å². The lowest BCUT2D eigenvalue weighted by atomic mass is 10.0. The molecular formula is C18H21NO4S. The Hall–Kier alpha value is -2.34. The summed E-state index contributed by atoms with van der Waals surface area (Å²) in [5, 5.41) is 13.8. The number of carboxylic acids is 1. The van der Waals surface area contributed by atoms with Crippen molar-refractivity contribution < 1.29 is 19.4 Å². The summed E-state index contributed by atoms with van der Waals surface area (Å²) < 4.78 is 5.58. The molecule has 24 heavy (non-hydrogen) atoms. The van der Waals surface area contributed by atoms with E-state index >= 15 is 0 Å². The molecule has 0 radical (unpaired) electrons. The van der Waals surface area contributed by atoms with Gasteiger partial charge in [0.2, 0.25) is 5.91 Å². The fourth-order valence-corrected chi connectivity index (χ4v) is 3.00. The first-order valence-electron chi connectivity index (χ1n) is 7.74. The Kier molecular flexibility index (Phi) is 6.37. The van der Waals surface area contributed by atoms with Gasteiger partial charge < -0.3 is 15.2 Å². The number of carboxylic acid groups (broad SMARTS) is 1. The Morgan fingerprint density at radius 2 is 1.92 bits per heavy atom. The number of carbonyl (C=O) groups excluding carboxylic acids is 1. The van der Waals surface area contributed by atoms with Crippen LogP contribution in [0.15, 0.2) is 41.8 Å². The molecule has 5 nitrogen and oxygen atoms in total. The highest BCUT2D eigenvalue weighted by molar-refractivity contribution is 7.10. The molecule has 2 aromatic rings. The Morgan fingerprint density at radius 1 is 1.21 bits per heavy atom. The number of thiophene rings is 1. The highest BCUT2D eigenvalue weighted by atomic mass is 32.1. The van der Waals surface area contributed by atoms with E-state index in [2.05, 4.69) is 5.32 Å². The number of nitrogens with one attached hydrogen (secondary N) is 1. The number of aliphatic carboxylic acids is 1. The fraction of sp³-hybridized carbons (Fsp3) is 0.333. The molecule has 6 heteroatoms. The number of hydrogen-bond acceptors (Lipinski definition) is 4. The van der Waals surface area contributed by atoms with E-state index in [1.54, 1.807) is 24.3 Å². The van der Waals surface area contributed by atoms with Crippen molar-refractivity contribution in [3.8, 4) is 5.75 Å². The number of carbonyl (C=O) groups is 2. The summed E-state index contributed by atoms with van der Waals surface area (Å²) >= 11 is 1.50. The molecule has 1 amide bonds. The molecule has 1 atom stereocenters. The predicted molar refractivity (Wildman–Crippen MR) is 93.4 cm³/mol. The van der Waals surface area contributed by atoms with E-state index in [1.807, 2.05) is 31.4 Å². The quantitative estimate of drug-likeness (QED) is 0.767. The first-order valence-corrected chi connectivity index (χ1v) is 8.62. The lowest BCUT2D eigenvalue weighted by Gasteiger charge is -2.18. The smallest absolute Gasteiger partial charge is 0.305 e. The van der Waals surface area contributed by atoms with Crippen molar-refractivity contribution in [2.45, 2.75) is 38.8 Å². The third-order valence-electron chi connectivity index (χ3n) is 3.28. The largest absolute Gasteiger partial charge is 0.491 e. The van der Waals surface area contributed by atoms with Crippen molar-refractivity contribution in [2.75, 3.05) is 0 Å². The monoisotopic (exact) mass is 347 g/mol. The summed E-state index contributed by atoms with van der Waals surface area (Å²) in [6, 6.07) is 10.4. The zero-order chi connectivity index (χ0) is 17.5. The second-order valence-corrected chi connectivity index (χ2v) is 6.74. The van der Waals surface area contributed by atoms with Crippen molar-refractivity contribution in [3.63, 3.8) is 0 Å². The third kappa shape index (κ3) is 5.70. The van der Waals surface area contributed by atoms with E-state index in [1.165, 1.54) is 11.3 Å². The van der Waals surface area contributed by atoms with Crippen molar-refractivity contribution in [3.05, 3.63) is 52.2 Å². The second-order valence-electron chi connectivity index (χ2n) is 5.71. The van der Waals surface area contributed by atoms with Crippen molar-refractivity contribution in [1.82, 2.24) is 5.32 Å². The van der Waals surface area contributed by atoms with E-state index in [4.69, 9.17) is 9.84 Å². The first kappa shape index (κ1) is 18.0. The fourth-order valence-electron chi connectivity index (χ4n) is 2.29. The summed E-state index contributed by atoms with van der Waals surface area (Å²) in [7, 11) is 0. The third-order valence-corrected chi connectivity index (χ3v) is 4.16. The first-order chi connectivity index (χ1) is 11.4.